The van der Waals surface area contributed by atoms with Crippen molar-refractivity contribution < 1.29 is 26.6 Å². The first-order chi connectivity index (χ1) is 15.6. The Kier molecular flexibility index (Phi) is 23.6. The molecule has 0 amide bonds. The Balaban J connectivity index is 4.33. The first kappa shape index (κ1) is 33.2. The molecule has 0 saturated heterocycles. The lowest BCUT2D eigenvalue weighted by molar-refractivity contribution is 0.0562. The maximum atomic E-state index is 6.33. The molecule has 0 spiro atoms. The zero-order valence-corrected chi connectivity index (χ0v) is 25.7. The van der Waals surface area contributed by atoms with Crippen LogP contribution in [0.15, 0.2) is 0 Å². The summed E-state index contributed by atoms with van der Waals surface area (Å²) in [5, 5.41) is 0. The Morgan fingerprint density at radius 3 is 1.25 bits per heavy atom. The van der Waals surface area contributed by atoms with E-state index in [1.165, 1.54) is 0 Å². The molecule has 0 heterocycles. The molecule has 0 aliphatic heterocycles. The first-order valence-electron chi connectivity index (χ1n) is 12.1. The fraction of sp³-hybridized carbons (Fsp3) is 1.00. The van der Waals surface area contributed by atoms with Crippen LogP contribution in [0, 0.1) is 0 Å². The smallest absolute Gasteiger partial charge is 0.377 e. The molecule has 0 aromatic heterocycles. The standard InChI is InChI=1S/C21H48O6S3Si2/c1-7-10-15-25-32(26-16-11-8-2,27-17-12-9-3)21-14-19-29-30-28-18-13-20-31(22-4,23-5)24-6/h7-21H2,1-6H3. The topological polar surface area (TPSA) is 55.4 Å². The molecule has 0 N–H and O–H groups in total. The van der Waals surface area contributed by atoms with Gasteiger partial charge in [0.05, 0.1) is 0 Å². The van der Waals surface area contributed by atoms with Gasteiger partial charge in [0.25, 0.3) is 0 Å². The van der Waals surface area contributed by atoms with Gasteiger partial charge in [-0.05, 0) is 41.9 Å². The third-order valence-electron chi connectivity index (χ3n) is 4.91. The summed E-state index contributed by atoms with van der Waals surface area (Å²) in [6, 6.07) is 1.76. The van der Waals surface area contributed by atoms with Gasteiger partial charge in [0.15, 0.2) is 0 Å². The second-order valence-corrected chi connectivity index (χ2v) is 17.8. The predicted molar refractivity (Wildman–Crippen MR) is 146 cm³/mol. The molecular weight excluding hydrogens is 501 g/mol. The maximum absolute atomic E-state index is 6.33. The van der Waals surface area contributed by atoms with Crippen LogP contribution >= 0.6 is 31.4 Å². The summed E-state index contributed by atoms with van der Waals surface area (Å²) >= 11 is 0. The first-order valence-corrected chi connectivity index (χ1v) is 19.7. The quantitative estimate of drug-likeness (QED) is 0.0677. The van der Waals surface area contributed by atoms with Crippen molar-refractivity contribution in [2.75, 3.05) is 52.7 Å². The minimum atomic E-state index is -2.59. The summed E-state index contributed by atoms with van der Waals surface area (Å²) in [6.45, 7) is 8.80. The molecule has 0 aliphatic carbocycles. The molecule has 6 nitrogen and oxygen atoms in total. The van der Waals surface area contributed by atoms with E-state index >= 15 is 0 Å². The van der Waals surface area contributed by atoms with Gasteiger partial charge in [0.1, 0.15) is 0 Å². The number of hydrogen-bond donors (Lipinski definition) is 0. The van der Waals surface area contributed by atoms with Crippen LogP contribution in [-0.2, 0) is 26.6 Å². The zero-order valence-electron chi connectivity index (χ0n) is 21.3. The van der Waals surface area contributed by atoms with Crippen LogP contribution in [0.25, 0.3) is 0 Å². The van der Waals surface area contributed by atoms with Crippen LogP contribution in [0.1, 0.15) is 72.1 Å². The van der Waals surface area contributed by atoms with Crippen molar-refractivity contribution in [3.8, 4) is 0 Å². The van der Waals surface area contributed by atoms with Gasteiger partial charge in [-0.25, -0.2) is 0 Å². The van der Waals surface area contributed by atoms with Crippen LogP contribution < -0.4 is 0 Å². The number of unbranched alkanes of at least 4 members (excludes halogenated alkanes) is 3. The highest BCUT2D eigenvalue weighted by molar-refractivity contribution is 9.09. The highest BCUT2D eigenvalue weighted by Gasteiger charge is 2.40. The monoisotopic (exact) mass is 548 g/mol. The summed E-state index contributed by atoms with van der Waals surface area (Å²) in [7, 11) is 5.65. The van der Waals surface area contributed by atoms with Crippen LogP contribution in [0.4, 0.5) is 0 Å². The van der Waals surface area contributed by atoms with Gasteiger partial charge in [-0.3, -0.25) is 0 Å². The van der Waals surface area contributed by atoms with Crippen molar-refractivity contribution in [3.05, 3.63) is 0 Å². The van der Waals surface area contributed by atoms with E-state index < -0.39 is 17.6 Å². The average molecular weight is 549 g/mol. The Hall–Kier alpha value is 1.24. The molecule has 0 rings (SSSR count). The molecule has 0 bridgehead atoms. The molecule has 0 aromatic rings. The van der Waals surface area contributed by atoms with E-state index in [4.69, 9.17) is 26.6 Å². The maximum Gasteiger partial charge on any atom is 0.500 e. The Labute approximate surface area is 211 Å². The largest absolute Gasteiger partial charge is 0.500 e. The van der Waals surface area contributed by atoms with Crippen molar-refractivity contribution in [2.45, 2.75) is 84.2 Å². The molecule has 0 fully saturated rings. The third kappa shape index (κ3) is 16.0. The van der Waals surface area contributed by atoms with Crippen molar-refractivity contribution in [2.24, 2.45) is 0 Å². The molecule has 194 valence electrons. The number of hydrogen-bond acceptors (Lipinski definition) is 9. The lowest BCUT2D eigenvalue weighted by Crippen LogP contribution is -2.46. The van der Waals surface area contributed by atoms with Crippen LogP contribution in [0.3, 0.4) is 0 Å². The summed E-state index contributed by atoms with van der Waals surface area (Å²) in [4.78, 5) is 0. The molecule has 0 saturated carbocycles. The average Bonchev–Trinajstić information content (AvgIpc) is 2.81. The minimum Gasteiger partial charge on any atom is -0.377 e. The molecule has 0 unspecified atom stereocenters. The van der Waals surface area contributed by atoms with Gasteiger partial charge in [0, 0.05) is 64.7 Å². The van der Waals surface area contributed by atoms with E-state index in [2.05, 4.69) is 20.8 Å². The summed E-state index contributed by atoms with van der Waals surface area (Å²) in [5.41, 5.74) is 0. The molecular formula is C21H48O6S3Si2. The van der Waals surface area contributed by atoms with Crippen LogP contribution in [0.5, 0.6) is 0 Å². The van der Waals surface area contributed by atoms with E-state index in [1.807, 2.05) is 31.4 Å². The van der Waals surface area contributed by atoms with Crippen molar-refractivity contribution in [3.63, 3.8) is 0 Å². The fourth-order valence-corrected chi connectivity index (χ4v) is 11.6. The molecule has 0 radical (unpaired) electrons. The summed E-state index contributed by atoms with van der Waals surface area (Å²) in [5.74, 6) is 2.13. The van der Waals surface area contributed by atoms with Crippen molar-refractivity contribution in [1.82, 2.24) is 0 Å². The highest BCUT2D eigenvalue weighted by Crippen LogP contribution is 2.36. The summed E-state index contributed by atoms with van der Waals surface area (Å²) < 4.78 is 35.4. The van der Waals surface area contributed by atoms with E-state index in [0.717, 1.165) is 94.8 Å². The zero-order chi connectivity index (χ0) is 24.0. The van der Waals surface area contributed by atoms with E-state index in [-0.39, 0.29) is 0 Å². The van der Waals surface area contributed by atoms with Crippen molar-refractivity contribution >= 4 is 49.0 Å². The molecule has 11 heteroatoms. The normalized spacial score (nSPS) is 12.6. The van der Waals surface area contributed by atoms with Gasteiger partial charge in [-0.15, -0.1) is 0 Å². The summed E-state index contributed by atoms with van der Waals surface area (Å²) in [6.07, 6.45) is 8.64. The lowest BCUT2D eigenvalue weighted by atomic mass is 10.4. The highest BCUT2D eigenvalue weighted by atomic mass is 33.5. The van der Waals surface area contributed by atoms with Gasteiger partial charge in [-0.1, -0.05) is 61.6 Å². The second kappa shape index (κ2) is 22.7. The van der Waals surface area contributed by atoms with E-state index in [9.17, 15) is 0 Å². The van der Waals surface area contributed by atoms with E-state index in [1.54, 1.807) is 21.3 Å². The Morgan fingerprint density at radius 2 is 0.906 bits per heavy atom. The van der Waals surface area contributed by atoms with Crippen LogP contribution in [0.2, 0.25) is 12.1 Å². The fourth-order valence-electron chi connectivity index (χ4n) is 2.81. The molecule has 32 heavy (non-hydrogen) atoms. The molecule has 0 atom stereocenters. The van der Waals surface area contributed by atoms with Gasteiger partial charge in [-0.2, -0.15) is 0 Å². The lowest BCUT2D eigenvalue weighted by Gasteiger charge is -2.30. The van der Waals surface area contributed by atoms with Crippen molar-refractivity contribution in [1.29, 1.82) is 0 Å². The SMILES string of the molecule is CCCCO[Si](CCCSSSCCC[Si](OC)(OC)OC)(OCCCC)OCCCC. The minimum absolute atomic E-state index is 0.744. The second-order valence-electron chi connectivity index (χ2n) is 7.50. The van der Waals surface area contributed by atoms with Gasteiger partial charge >= 0.3 is 17.6 Å². The predicted octanol–water partition coefficient (Wildman–Crippen LogP) is 7.06. The van der Waals surface area contributed by atoms with Gasteiger partial charge in [0.2, 0.25) is 0 Å². The number of rotatable bonds is 25. The van der Waals surface area contributed by atoms with Crippen LogP contribution in [-0.4, -0.2) is 70.3 Å². The van der Waals surface area contributed by atoms with Gasteiger partial charge < -0.3 is 26.6 Å². The third-order valence-corrected chi connectivity index (χ3v) is 15.1. The Bertz CT molecular complexity index is 375. The molecule has 0 aromatic carbocycles. The Morgan fingerprint density at radius 1 is 0.531 bits per heavy atom. The molecule has 0 aliphatic rings. The van der Waals surface area contributed by atoms with E-state index in [0.29, 0.717) is 0 Å².